The largest absolute Gasteiger partial charge is 0.371 e. The van der Waals surface area contributed by atoms with Gasteiger partial charge in [0.2, 0.25) is 5.91 Å². The summed E-state index contributed by atoms with van der Waals surface area (Å²) in [6, 6.07) is 14.9. The highest BCUT2D eigenvalue weighted by molar-refractivity contribution is 6.31. The minimum Gasteiger partial charge on any atom is -0.371 e. The molecule has 0 bridgehead atoms. The van der Waals surface area contributed by atoms with Crippen molar-refractivity contribution in [2.75, 3.05) is 31.6 Å². The topological polar surface area (TPSA) is 58.6 Å². The molecule has 5 nitrogen and oxygen atoms in total. The summed E-state index contributed by atoms with van der Waals surface area (Å²) in [5.41, 5.74) is 2.04. The Morgan fingerprint density at radius 1 is 1.07 bits per heavy atom. The molecule has 6 heteroatoms. The first-order chi connectivity index (χ1) is 13.1. The van der Waals surface area contributed by atoms with Crippen LogP contribution < -0.4 is 5.32 Å². The van der Waals surface area contributed by atoms with Gasteiger partial charge in [0.15, 0.2) is 0 Å². The molecule has 2 aromatic rings. The third kappa shape index (κ3) is 5.55. The number of nitrogens with zero attached hydrogens (tertiary/aromatic N) is 1. The van der Waals surface area contributed by atoms with Gasteiger partial charge in [-0.3, -0.25) is 9.59 Å². The Hall–Kier alpha value is -2.37. The van der Waals surface area contributed by atoms with Crippen molar-refractivity contribution in [1.82, 2.24) is 4.90 Å². The average molecular weight is 387 g/mol. The first-order valence-corrected chi connectivity index (χ1v) is 9.51. The Balaban J connectivity index is 1.55. The molecule has 0 spiro atoms. The summed E-state index contributed by atoms with van der Waals surface area (Å²) in [7, 11) is 0. The lowest BCUT2D eigenvalue weighted by Gasteiger charge is -2.18. The predicted molar refractivity (Wildman–Crippen MR) is 106 cm³/mol. The van der Waals surface area contributed by atoms with E-state index in [9.17, 15) is 9.59 Å². The van der Waals surface area contributed by atoms with Gasteiger partial charge in [-0.05, 0) is 43.0 Å². The smallest absolute Gasteiger partial charge is 0.255 e. The van der Waals surface area contributed by atoms with E-state index >= 15 is 0 Å². The molecule has 0 saturated carbocycles. The SMILES string of the molecule is O=C(COCCc1ccccc1)Nc1cc(Cl)ccc1C(=O)N1CCCC1. The van der Waals surface area contributed by atoms with Gasteiger partial charge in [-0.25, -0.2) is 0 Å². The van der Waals surface area contributed by atoms with Crippen molar-refractivity contribution < 1.29 is 14.3 Å². The van der Waals surface area contributed by atoms with Gasteiger partial charge in [0.05, 0.1) is 17.9 Å². The van der Waals surface area contributed by atoms with E-state index in [1.165, 1.54) is 0 Å². The first-order valence-electron chi connectivity index (χ1n) is 9.14. The molecule has 1 aliphatic heterocycles. The van der Waals surface area contributed by atoms with Gasteiger partial charge in [0.25, 0.3) is 5.91 Å². The molecule has 2 amide bonds. The van der Waals surface area contributed by atoms with Gasteiger partial charge < -0.3 is 15.0 Å². The van der Waals surface area contributed by atoms with Gasteiger partial charge >= 0.3 is 0 Å². The molecule has 1 saturated heterocycles. The molecule has 3 rings (SSSR count). The summed E-state index contributed by atoms with van der Waals surface area (Å²) in [5, 5.41) is 3.22. The second-order valence-electron chi connectivity index (χ2n) is 6.53. The summed E-state index contributed by atoms with van der Waals surface area (Å²) in [5.74, 6) is -0.384. The zero-order valence-electron chi connectivity index (χ0n) is 15.1. The van der Waals surface area contributed by atoms with Crippen LogP contribution in [0.5, 0.6) is 0 Å². The summed E-state index contributed by atoms with van der Waals surface area (Å²) in [6.07, 6.45) is 2.76. The van der Waals surface area contributed by atoms with E-state index in [1.54, 1.807) is 23.1 Å². The third-order valence-electron chi connectivity index (χ3n) is 4.49. The first kappa shape index (κ1) is 19.4. The van der Waals surface area contributed by atoms with Gasteiger partial charge in [-0.1, -0.05) is 41.9 Å². The van der Waals surface area contributed by atoms with Crippen LogP contribution >= 0.6 is 11.6 Å². The van der Waals surface area contributed by atoms with E-state index in [2.05, 4.69) is 5.32 Å². The average Bonchev–Trinajstić information content (AvgIpc) is 3.21. The molecule has 0 atom stereocenters. The second-order valence-corrected chi connectivity index (χ2v) is 6.96. The minimum atomic E-state index is -0.305. The van der Waals surface area contributed by atoms with Crippen molar-refractivity contribution in [2.24, 2.45) is 0 Å². The van der Waals surface area contributed by atoms with Crippen LogP contribution in [0.2, 0.25) is 5.02 Å². The highest BCUT2D eigenvalue weighted by Crippen LogP contribution is 2.24. The highest BCUT2D eigenvalue weighted by atomic mass is 35.5. The zero-order chi connectivity index (χ0) is 19.1. The molecule has 1 N–H and O–H groups in total. The number of carbonyl (C=O) groups is 2. The van der Waals surface area contributed by atoms with E-state index in [1.807, 2.05) is 30.3 Å². The number of ether oxygens (including phenoxy) is 1. The third-order valence-corrected chi connectivity index (χ3v) is 4.73. The number of benzene rings is 2. The number of likely N-dealkylation sites (tertiary alicyclic amines) is 1. The fourth-order valence-corrected chi connectivity index (χ4v) is 3.25. The van der Waals surface area contributed by atoms with Crippen LogP contribution in [-0.2, 0) is 16.0 Å². The Kier molecular flexibility index (Phi) is 6.85. The van der Waals surface area contributed by atoms with Crippen molar-refractivity contribution >= 4 is 29.1 Å². The Morgan fingerprint density at radius 2 is 1.81 bits per heavy atom. The van der Waals surface area contributed by atoms with Crippen LogP contribution in [0.4, 0.5) is 5.69 Å². The number of anilines is 1. The van der Waals surface area contributed by atoms with Gasteiger partial charge in [-0.2, -0.15) is 0 Å². The Morgan fingerprint density at radius 3 is 2.56 bits per heavy atom. The maximum atomic E-state index is 12.7. The molecule has 142 valence electrons. The molecular weight excluding hydrogens is 364 g/mol. The molecule has 1 heterocycles. The fourth-order valence-electron chi connectivity index (χ4n) is 3.08. The quantitative estimate of drug-likeness (QED) is 0.737. The molecule has 0 unspecified atom stereocenters. The number of carbonyl (C=O) groups excluding carboxylic acids is 2. The lowest BCUT2D eigenvalue weighted by molar-refractivity contribution is -0.120. The molecule has 2 aromatic carbocycles. The fraction of sp³-hybridized carbons (Fsp3) is 0.333. The molecule has 1 fully saturated rings. The lowest BCUT2D eigenvalue weighted by Crippen LogP contribution is -2.29. The van der Waals surface area contributed by atoms with Crippen LogP contribution in [0.25, 0.3) is 0 Å². The van der Waals surface area contributed by atoms with E-state index < -0.39 is 0 Å². The van der Waals surface area contributed by atoms with Crippen molar-refractivity contribution in [2.45, 2.75) is 19.3 Å². The molecule has 27 heavy (non-hydrogen) atoms. The minimum absolute atomic E-state index is 0.0727. The van der Waals surface area contributed by atoms with E-state index in [0.29, 0.717) is 22.9 Å². The van der Waals surface area contributed by atoms with Gasteiger partial charge in [0.1, 0.15) is 6.61 Å². The van der Waals surface area contributed by atoms with Crippen LogP contribution in [-0.4, -0.2) is 43.0 Å². The molecule has 0 radical (unpaired) electrons. The maximum Gasteiger partial charge on any atom is 0.255 e. The van der Waals surface area contributed by atoms with Gasteiger partial charge in [0, 0.05) is 18.1 Å². The van der Waals surface area contributed by atoms with Crippen molar-refractivity contribution in [3.8, 4) is 0 Å². The van der Waals surface area contributed by atoms with E-state index in [-0.39, 0.29) is 18.4 Å². The standard InChI is InChI=1S/C21H23ClN2O3/c22-17-8-9-18(21(26)24-11-4-5-12-24)19(14-17)23-20(25)15-27-13-10-16-6-2-1-3-7-16/h1-3,6-9,14H,4-5,10-13,15H2,(H,23,25). The number of hydrogen-bond donors (Lipinski definition) is 1. The second kappa shape index (κ2) is 9.53. The van der Waals surface area contributed by atoms with Crippen LogP contribution in [0.15, 0.2) is 48.5 Å². The molecular formula is C21H23ClN2O3. The maximum absolute atomic E-state index is 12.7. The van der Waals surface area contributed by atoms with Crippen molar-refractivity contribution in [1.29, 1.82) is 0 Å². The monoisotopic (exact) mass is 386 g/mol. The number of hydrogen-bond acceptors (Lipinski definition) is 3. The normalized spacial score (nSPS) is 13.6. The van der Waals surface area contributed by atoms with Crippen molar-refractivity contribution in [3.63, 3.8) is 0 Å². The Labute approximate surface area is 164 Å². The predicted octanol–water partition coefficient (Wildman–Crippen LogP) is 3.77. The van der Waals surface area contributed by atoms with Crippen LogP contribution in [0.1, 0.15) is 28.8 Å². The molecule has 1 aliphatic rings. The van der Waals surface area contributed by atoms with Crippen molar-refractivity contribution in [3.05, 3.63) is 64.7 Å². The highest BCUT2D eigenvalue weighted by Gasteiger charge is 2.22. The zero-order valence-corrected chi connectivity index (χ0v) is 15.9. The van der Waals surface area contributed by atoms with Gasteiger partial charge in [-0.15, -0.1) is 0 Å². The van der Waals surface area contributed by atoms with Crippen LogP contribution in [0, 0.1) is 0 Å². The number of nitrogens with one attached hydrogen (secondary N) is 1. The van der Waals surface area contributed by atoms with E-state index in [4.69, 9.17) is 16.3 Å². The Bertz CT molecular complexity index is 789. The number of amides is 2. The summed E-state index contributed by atoms with van der Waals surface area (Å²) < 4.78 is 5.46. The summed E-state index contributed by atoms with van der Waals surface area (Å²) in [4.78, 5) is 26.7. The van der Waals surface area contributed by atoms with E-state index in [0.717, 1.165) is 37.9 Å². The number of rotatable bonds is 7. The summed E-state index contributed by atoms with van der Waals surface area (Å²) in [6.45, 7) is 1.87. The molecule has 0 aliphatic carbocycles. The lowest BCUT2D eigenvalue weighted by atomic mass is 10.1. The number of halogens is 1. The van der Waals surface area contributed by atoms with Crippen LogP contribution in [0.3, 0.4) is 0 Å². The molecule has 0 aromatic heterocycles. The summed E-state index contributed by atoms with van der Waals surface area (Å²) >= 11 is 6.05.